The smallest absolute Gasteiger partial charge is 0.408 e. The highest BCUT2D eigenvalue weighted by molar-refractivity contribution is 5.86. The van der Waals surface area contributed by atoms with Gasteiger partial charge in [-0.2, -0.15) is 0 Å². The van der Waals surface area contributed by atoms with E-state index in [1.54, 1.807) is 0 Å². The highest BCUT2D eigenvalue weighted by atomic mass is 16.6. The summed E-state index contributed by atoms with van der Waals surface area (Å²) in [5.41, 5.74) is -0.554. The topological polar surface area (TPSA) is 67.4 Å². The van der Waals surface area contributed by atoms with Gasteiger partial charge in [-0.05, 0) is 52.9 Å². The van der Waals surface area contributed by atoms with Crippen LogP contribution in [0.25, 0.3) is 0 Å². The number of rotatable bonds is 5. The zero-order chi connectivity index (χ0) is 15.3. The number of hydrogen-bond donors (Lipinski definition) is 2. The highest BCUT2D eigenvalue weighted by Crippen LogP contribution is 2.30. The van der Waals surface area contributed by atoms with Crippen molar-refractivity contribution in [3.63, 3.8) is 0 Å². The first-order chi connectivity index (χ1) is 9.23. The first kappa shape index (κ1) is 16.8. The van der Waals surface area contributed by atoms with Crippen molar-refractivity contribution in [2.24, 2.45) is 5.92 Å². The Morgan fingerprint density at radius 3 is 2.25 bits per heavy atom. The van der Waals surface area contributed by atoms with Gasteiger partial charge in [-0.3, -0.25) is 4.79 Å². The lowest BCUT2D eigenvalue weighted by molar-refractivity contribution is -0.126. The van der Waals surface area contributed by atoms with Gasteiger partial charge in [0.15, 0.2) is 0 Å². The van der Waals surface area contributed by atoms with E-state index in [9.17, 15) is 9.59 Å². The normalized spacial score (nSPS) is 18.6. The molecule has 0 aromatic rings. The Balaban J connectivity index is 2.60. The summed E-state index contributed by atoms with van der Waals surface area (Å²) in [6.07, 6.45) is 3.43. The molecule has 0 heterocycles. The summed E-state index contributed by atoms with van der Waals surface area (Å²) >= 11 is 0. The average molecular weight is 284 g/mol. The second kappa shape index (κ2) is 6.95. The van der Waals surface area contributed by atoms with Gasteiger partial charge in [0.05, 0.1) is 0 Å². The summed E-state index contributed by atoms with van der Waals surface area (Å²) in [5.74, 6) is 0.126. The van der Waals surface area contributed by atoms with E-state index < -0.39 is 17.7 Å². The summed E-state index contributed by atoms with van der Waals surface area (Å²) in [6.45, 7) is 9.41. The molecule has 2 atom stereocenters. The fraction of sp³-hybridized carbons (Fsp3) is 0.867. The second-order valence-corrected chi connectivity index (χ2v) is 6.63. The molecule has 5 nitrogen and oxygen atoms in total. The van der Waals surface area contributed by atoms with Crippen LogP contribution in [0.1, 0.15) is 60.3 Å². The molecule has 5 heteroatoms. The SMILES string of the molecule is CCC(C)NC(=O)C(NC(=O)OC(C)(C)C)C1CCC1. The van der Waals surface area contributed by atoms with E-state index >= 15 is 0 Å². The number of carbonyl (C=O) groups is 2. The first-order valence-corrected chi connectivity index (χ1v) is 7.53. The Morgan fingerprint density at radius 2 is 1.85 bits per heavy atom. The van der Waals surface area contributed by atoms with Crippen molar-refractivity contribution in [3.8, 4) is 0 Å². The standard InChI is InChI=1S/C15H28N2O3/c1-6-10(2)16-13(18)12(11-8-7-9-11)17-14(19)20-15(3,4)5/h10-12H,6-9H2,1-5H3,(H,16,18)(H,17,19). The van der Waals surface area contributed by atoms with E-state index in [2.05, 4.69) is 10.6 Å². The highest BCUT2D eigenvalue weighted by Gasteiger charge is 2.35. The molecule has 116 valence electrons. The van der Waals surface area contributed by atoms with Crippen LogP contribution in [0, 0.1) is 5.92 Å². The summed E-state index contributed by atoms with van der Waals surface area (Å²) < 4.78 is 5.24. The van der Waals surface area contributed by atoms with Crippen LogP contribution in [0.2, 0.25) is 0 Å². The van der Waals surface area contributed by atoms with Gasteiger partial charge in [-0.15, -0.1) is 0 Å². The second-order valence-electron chi connectivity index (χ2n) is 6.63. The Kier molecular flexibility index (Phi) is 5.84. The molecule has 1 aliphatic carbocycles. The summed E-state index contributed by atoms with van der Waals surface area (Å²) in [5, 5.41) is 5.67. The van der Waals surface area contributed by atoms with Crippen LogP contribution in [0.5, 0.6) is 0 Å². The molecule has 2 amide bonds. The third kappa shape index (κ3) is 5.39. The van der Waals surface area contributed by atoms with Gasteiger partial charge in [0.1, 0.15) is 11.6 Å². The maximum absolute atomic E-state index is 12.3. The van der Waals surface area contributed by atoms with Gasteiger partial charge in [-0.1, -0.05) is 13.3 Å². The maximum Gasteiger partial charge on any atom is 0.408 e. The summed E-state index contributed by atoms with van der Waals surface area (Å²) in [4.78, 5) is 24.1. The van der Waals surface area contributed by atoms with Crippen LogP contribution >= 0.6 is 0 Å². The van der Waals surface area contributed by atoms with E-state index in [1.165, 1.54) is 0 Å². The molecule has 1 saturated carbocycles. The molecule has 1 aliphatic rings. The van der Waals surface area contributed by atoms with E-state index in [0.717, 1.165) is 25.7 Å². The molecular formula is C15H28N2O3. The largest absolute Gasteiger partial charge is 0.444 e. The van der Waals surface area contributed by atoms with Crippen LogP contribution in [-0.2, 0) is 9.53 Å². The van der Waals surface area contributed by atoms with E-state index in [0.29, 0.717) is 0 Å². The van der Waals surface area contributed by atoms with E-state index in [4.69, 9.17) is 4.74 Å². The van der Waals surface area contributed by atoms with Crippen LogP contribution < -0.4 is 10.6 Å². The van der Waals surface area contributed by atoms with Crippen molar-refractivity contribution in [1.82, 2.24) is 10.6 Å². The summed E-state index contributed by atoms with van der Waals surface area (Å²) in [7, 11) is 0. The molecule has 0 bridgehead atoms. The lowest BCUT2D eigenvalue weighted by Crippen LogP contribution is -2.54. The molecule has 20 heavy (non-hydrogen) atoms. The maximum atomic E-state index is 12.3. The molecule has 2 N–H and O–H groups in total. The number of ether oxygens (including phenoxy) is 1. The minimum Gasteiger partial charge on any atom is -0.444 e. The first-order valence-electron chi connectivity index (χ1n) is 7.53. The Morgan fingerprint density at radius 1 is 1.25 bits per heavy atom. The van der Waals surface area contributed by atoms with Crippen molar-refractivity contribution >= 4 is 12.0 Å². The number of amides is 2. The fourth-order valence-corrected chi connectivity index (χ4v) is 2.04. The molecular weight excluding hydrogens is 256 g/mol. The third-order valence-electron chi connectivity index (χ3n) is 3.58. The fourth-order valence-electron chi connectivity index (χ4n) is 2.04. The van der Waals surface area contributed by atoms with Gasteiger partial charge >= 0.3 is 6.09 Å². The van der Waals surface area contributed by atoms with Crippen molar-refractivity contribution in [1.29, 1.82) is 0 Å². The molecule has 1 rings (SSSR count). The molecule has 2 unspecified atom stereocenters. The quantitative estimate of drug-likeness (QED) is 0.815. The third-order valence-corrected chi connectivity index (χ3v) is 3.58. The minimum atomic E-state index is -0.554. The molecule has 0 aliphatic heterocycles. The Labute approximate surface area is 121 Å². The average Bonchev–Trinajstić information content (AvgIpc) is 2.22. The van der Waals surface area contributed by atoms with Crippen LogP contribution in [0.15, 0.2) is 0 Å². The molecule has 0 aromatic carbocycles. The van der Waals surface area contributed by atoms with Crippen molar-refractivity contribution in [2.45, 2.75) is 78.0 Å². The van der Waals surface area contributed by atoms with Crippen LogP contribution in [-0.4, -0.2) is 29.7 Å². The lowest BCUT2D eigenvalue weighted by atomic mass is 9.79. The predicted octanol–water partition coefficient (Wildman–Crippen LogP) is 2.59. The van der Waals surface area contributed by atoms with Crippen LogP contribution in [0.4, 0.5) is 4.79 Å². The Hall–Kier alpha value is -1.26. The van der Waals surface area contributed by atoms with Gasteiger partial charge in [0.2, 0.25) is 5.91 Å². The number of nitrogens with one attached hydrogen (secondary N) is 2. The van der Waals surface area contributed by atoms with E-state index in [-0.39, 0.29) is 17.9 Å². The van der Waals surface area contributed by atoms with E-state index in [1.807, 2.05) is 34.6 Å². The Bertz CT molecular complexity index is 346. The minimum absolute atomic E-state index is 0.102. The predicted molar refractivity (Wildman–Crippen MR) is 78.4 cm³/mol. The zero-order valence-electron chi connectivity index (χ0n) is 13.3. The zero-order valence-corrected chi connectivity index (χ0v) is 13.3. The van der Waals surface area contributed by atoms with Gasteiger partial charge in [-0.25, -0.2) is 4.79 Å². The summed E-state index contributed by atoms with van der Waals surface area (Å²) in [6, 6.07) is -0.363. The number of carbonyl (C=O) groups excluding carboxylic acids is 2. The number of alkyl carbamates (subject to hydrolysis) is 1. The van der Waals surface area contributed by atoms with Crippen molar-refractivity contribution in [2.75, 3.05) is 0 Å². The molecule has 0 spiro atoms. The molecule has 0 aromatic heterocycles. The van der Waals surface area contributed by atoms with Gasteiger partial charge in [0.25, 0.3) is 0 Å². The molecule has 0 radical (unpaired) electrons. The monoisotopic (exact) mass is 284 g/mol. The van der Waals surface area contributed by atoms with Crippen molar-refractivity contribution < 1.29 is 14.3 Å². The van der Waals surface area contributed by atoms with Crippen molar-refractivity contribution in [3.05, 3.63) is 0 Å². The lowest BCUT2D eigenvalue weighted by Gasteiger charge is -2.34. The van der Waals surface area contributed by atoms with Gasteiger partial charge in [0, 0.05) is 6.04 Å². The number of hydrogen-bond acceptors (Lipinski definition) is 3. The van der Waals surface area contributed by atoms with Gasteiger partial charge < -0.3 is 15.4 Å². The molecule has 1 fully saturated rings. The van der Waals surface area contributed by atoms with Crippen LogP contribution in [0.3, 0.4) is 0 Å². The molecule has 0 saturated heterocycles.